The number of phenols is 4. The Kier molecular flexibility index (Phi) is 48.9. The van der Waals surface area contributed by atoms with E-state index in [-0.39, 0.29) is 84.0 Å². The maximum atomic E-state index is 12.3. The molecule has 0 unspecified atom stereocenters. The van der Waals surface area contributed by atoms with Crippen molar-refractivity contribution in [3.63, 3.8) is 0 Å². The number of esters is 6. The van der Waals surface area contributed by atoms with Gasteiger partial charge in [-0.1, -0.05) is 18.3 Å². The number of Topliss-reactive ketones (excluding diaryl/α,β-unsaturated/α-hetero) is 2. The van der Waals surface area contributed by atoms with Gasteiger partial charge in [-0.2, -0.15) is 0 Å². The van der Waals surface area contributed by atoms with Gasteiger partial charge in [-0.15, -0.1) is 11.8 Å². The van der Waals surface area contributed by atoms with Gasteiger partial charge in [-0.3, -0.25) is 19.2 Å². The number of aromatic hydroxyl groups is 4. The number of methoxy groups -OCH3 is 5. The second-order valence-corrected chi connectivity index (χ2v) is 28.7. The first-order chi connectivity index (χ1) is 53.7. The average Bonchev–Trinajstić information content (AvgIpc) is 0.767. The molecule has 0 spiro atoms. The molecule has 38 heteroatoms. The Hall–Kier alpha value is -8.14. The highest BCUT2D eigenvalue weighted by atomic mass is 79.9. The summed E-state index contributed by atoms with van der Waals surface area (Å²) in [6, 6.07) is 25.1. The zero-order chi connectivity index (χ0) is 84.4. The molecule has 4 aliphatic heterocycles. The van der Waals surface area contributed by atoms with Crippen LogP contribution in [-0.2, 0) is 53.8 Å². The summed E-state index contributed by atoms with van der Waals surface area (Å²) in [5.41, 5.74) is 4.47. The number of ketones is 3. The van der Waals surface area contributed by atoms with Crippen LogP contribution >= 0.6 is 111 Å². The number of hydrogen-bond donors (Lipinski definition) is 6. The molecular weight excluding hydrogens is 1860 g/mol. The Labute approximate surface area is 717 Å². The Bertz CT molecular complexity index is 4330. The zero-order valence-electron chi connectivity index (χ0n) is 63.1. The highest BCUT2D eigenvalue weighted by Crippen LogP contribution is 2.33. The third-order valence-electron chi connectivity index (χ3n) is 15.2. The highest BCUT2D eigenvalue weighted by molar-refractivity contribution is 9.11. The Morgan fingerprint density at radius 3 is 1.36 bits per heavy atom. The van der Waals surface area contributed by atoms with Gasteiger partial charge in [-0.05, 0) is 186 Å². The number of thioether (sulfide) groups is 1. The van der Waals surface area contributed by atoms with Gasteiger partial charge >= 0.3 is 46.4 Å². The number of nitrogens with one attached hydrogen (secondary N) is 1. The van der Waals surface area contributed by atoms with E-state index in [4.69, 9.17) is 79.2 Å². The fourth-order valence-electron chi connectivity index (χ4n) is 9.40. The number of nitrogens with zero attached hydrogens (tertiary/aromatic N) is 3. The molecule has 4 fully saturated rings. The molecule has 6 N–H and O–H groups in total. The van der Waals surface area contributed by atoms with E-state index in [0.29, 0.717) is 66.8 Å². The van der Waals surface area contributed by atoms with E-state index in [1.165, 1.54) is 135 Å². The number of aromatic carboxylic acids is 1. The largest absolute Gasteiger partial charge is 1.00 e. The lowest BCUT2D eigenvalue weighted by Gasteiger charge is -2.32. The number of benzene rings is 6. The fourth-order valence-corrected chi connectivity index (χ4v) is 12.1. The number of carbonyl (C=O) groups is 10. The normalized spacial score (nSPS) is 13.5. The van der Waals surface area contributed by atoms with Crippen LogP contribution in [0.5, 0.6) is 28.7 Å². The first kappa shape index (κ1) is 102. The van der Waals surface area contributed by atoms with Gasteiger partial charge in [0.25, 0.3) is 0 Å². The first-order valence-electron chi connectivity index (χ1n) is 33.5. The van der Waals surface area contributed by atoms with Gasteiger partial charge in [0.2, 0.25) is 0 Å². The van der Waals surface area contributed by atoms with Crippen molar-refractivity contribution in [2.75, 3.05) is 147 Å². The molecule has 0 amide bonds. The molecule has 0 saturated carbocycles. The van der Waals surface area contributed by atoms with Crippen molar-refractivity contribution in [1.29, 1.82) is 0 Å². The summed E-state index contributed by atoms with van der Waals surface area (Å²) in [5, 5.41) is 48.8. The van der Waals surface area contributed by atoms with Crippen molar-refractivity contribution in [3.8, 4) is 28.7 Å². The Balaban J connectivity index is 0.000000442. The molecule has 1 aliphatic carbocycles. The molecule has 5 aliphatic rings. The second-order valence-electron chi connectivity index (χ2n) is 23.0. The molecule has 6 aromatic carbocycles. The molecule has 0 atom stereocenters. The number of rotatable bonds is 10. The number of morpholine rings is 4. The molecule has 6 aromatic rings. The predicted octanol–water partition coefficient (Wildman–Crippen LogP) is 9.35. The van der Waals surface area contributed by atoms with E-state index in [1.807, 2.05) is 16.9 Å². The van der Waals surface area contributed by atoms with Crippen LogP contribution < -0.4 is 22.5 Å². The second kappa shape index (κ2) is 54.7. The molecule has 4 saturated heterocycles. The van der Waals surface area contributed by atoms with E-state index in [2.05, 4.69) is 97.8 Å². The lowest BCUT2D eigenvalue weighted by atomic mass is 9.91. The van der Waals surface area contributed by atoms with E-state index in [1.54, 1.807) is 30.0 Å². The van der Waals surface area contributed by atoms with Gasteiger partial charge in [-0.25, -0.2) is 33.3 Å². The van der Waals surface area contributed by atoms with Crippen molar-refractivity contribution in [2.45, 2.75) is 27.2 Å². The van der Waals surface area contributed by atoms with E-state index in [9.17, 15) is 58.2 Å². The SMILES string of the molecule is C1COCCN1.CC(=O)c1cc(C(=O)O)cc(Br)c1O.COC(=O)c1cc(Br)c(O)c(C(C)=O)c1.COC(=O)c1ccc(O)c(Br)c1.COC(=O)c1ccc(O)cc1.COC(=O)c1ccc(OC(C)=O)c(Br)c1.COC(=O)c1ccc2c(c1)C(=O)C=C(N1CCOCC1)C2.CSC(=S)N1CCOCC1.ClC(Cl)=[N+]1CCOCC1.[Cl-]. The average molecular weight is 1940 g/mol. The number of carboxylic acids is 1. The summed E-state index contributed by atoms with van der Waals surface area (Å²) >= 11 is 30.1. The summed E-state index contributed by atoms with van der Waals surface area (Å²) in [6.07, 6.45) is 4.40. The summed E-state index contributed by atoms with van der Waals surface area (Å²) < 4.78 is 52.9. The fraction of sp³-hybridized carbons (Fsp3) is 0.342. The maximum Gasteiger partial charge on any atom is 0.341 e. The van der Waals surface area contributed by atoms with Gasteiger partial charge < -0.3 is 100 Å². The number of carboxylic acid groups (broad SMARTS) is 1. The van der Waals surface area contributed by atoms with Gasteiger partial charge in [0.05, 0.1) is 138 Å². The number of hydrogen-bond acceptors (Lipinski definition) is 28. The Morgan fingerprint density at radius 1 is 0.526 bits per heavy atom. The topological polar surface area (TPSA) is 386 Å². The Morgan fingerprint density at radius 2 is 0.939 bits per heavy atom. The minimum atomic E-state index is -1.15. The molecular formula is C76H85Br4Cl3N4O25S2. The first-order valence-corrected chi connectivity index (χ1v) is 39.1. The van der Waals surface area contributed by atoms with Crippen LogP contribution in [0.1, 0.15) is 120 Å². The van der Waals surface area contributed by atoms with Crippen LogP contribution in [0.3, 0.4) is 0 Å². The van der Waals surface area contributed by atoms with E-state index in [0.717, 1.165) is 114 Å². The standard InChI is InChI=1S/C16H17NO4.2C10H9BrO4.C9H7BrO4.C8H7BrO3.C8H8O3.C6H11NOS2.C5H8Cl2NO.C4H9NO.ClH/c1-20-16(19)12-3-2-11-8-13(10-15(18)14(11)9-12)17-4-6-21-7-5-17;1-5(12)7-3-6(10(14)15-2)4-8(11)9(7)13;1-6(12)15-9-4-3-7(5-8(9)11)10(13)14-2;1-4(11)6-2-5(9(13)14)3-7(10)8(6)12;1-12-8(11)5-2-3-7(10)6(9)4-5;1-11-8(10)6-2-4-7(9)5-3-6;1-10-6(9)7-2-4-8-5-3-7;6-5(7)8-1-3-9-4-2-8;1-3-6-4-2-5-1;/h2-3,9-10H,4-8H2,1H3;3-4,13H,1-2H3;3-5H,1-2H3;2-3,12H,1H3,(H,13,14);2-4,10H,1H3;2-5,9H,1H3;2-5H2,1H3;1-4H2;5H,1-4H2;1H/q;;;;;;;+1;;/p-1. The van der Waals surface area contributed by atoms with Crippen molar-refractivity contribution in [3.05, 3.63) is 188 Å². The summed E-state index contributed by atoms with van der Waals surface area (Å²) in [6.45, 7) is 17.3. The quantitative estimate of drug-likeness (QED) is 0.0186. The van der Waals surface area contributed by atoms with Gasteiger partial charge in [0.1, 0.15) is 46.3 Å². The van der Waals surface area contributed by atoms with Crippen molar-refractivity contribution in [2.24, 2.45) is 0 Å². The third-order valence-corrected chi connectivity index (χ3v) is 19.5. The maximum absolute atomic E-state index is 12.3. The van der Waals surface area contributed by atoms with E-state index < -0.39 is 41.8 Å². The van der Waals surface area contributed by atoms with Gasteiger partial charge in [0, 0.05) is 93.2 Å². The number of halogens is 7. The molecule has 4 heterocycles. The van der Waals surface area contributed by atoms with Crippen molar-refractivity contribution >= 4 is 179 Å². The lowest BCUT2D eigenvalue weighted by Crippen LogP contribution is -3.00. The molecule has 0 bridgehead atoms. The summed E-state index contributed by atoms with van der Waals surface area (Å²) in [7, 11) is 6.51. The number of ether oxygens (including phenoxy) is 10. The van der Waals surface area contributed by atoms with Crippen LogP contribution in [0.4, 0.5) is 0 Å². The van der Waals surface area contributed by atoms with Gasteiger partial charge in [0.15, 0.2) is 30.4 Å². The van der Waals surface area contributed by atoms with Crippen LogP contribution in [-0.4, -0.2) is 255 Å². The van der Waals surface area contributed by atoms with Crippen LogP contribution in [0.2, 0.25) is 0 Å². The van der Waals surface area contributed by atoms with Crippen LogP contribution in [0.25, 0.3) is 0 Å². The predicted molar refractivity (Wildman–Crippen MR) is 439 cm³/mol. The smallest absolute Gasteiger partial charge is 0.341 e. The minimum absolute atomic E-state index is 0. The molecule has 114 heavy (non-hydrogen) atoms. The number of phenolic OH excluding ortho intramolecular Hbond substituents is 4. The highest BCUT2D eigenvalue weighted by Gasteiger charge is 2.25. The van der Waals surface area contributed by atoms with Crippen molar-refractivity contribution in [1.82, 2.24) is 15.1 Å². The minimum Gasteiger partial charge on any atom is -1.00 e. The molecule has 11 rings (SSSR count). The third kappa shape index (κ3) is 35.9. The number of fused-ring (bicyclic) bond motifs is 1. The summed E-state index contributed by atoms with van der Waals surface area (Å²) in [5.74, 6) is -4.35. The monoisotopic (exact) mass is 1940 g/mol. The molecule has 0 radical (unpaired) electrons. The molecule has 0 aromatic heterocycles. The lowest BCUT2D eigenvalue weighted by molar-refractivity contribution is -0.545. The number of carbonyl (C=O) groups excluding carboxylic acids is 9. The van der Waals surface area contributed by atoms with Crippen molar-refractivity contribution < 1.29 is 138 Å². The summed E-state index contributed by atoms with van der Waals surface area (Å²) in [4.78, 5) is 116. The van der Waals surface area contributed by atoms with Crippen LogP contribution in [0.15, 0.2) is 133 Å². The van der Waals surface area contributed by atoms with Crippen LogP contribution in [0, 0.1) is 0 Å². The number of allylic oxidation sites excluding steroid dienone is 2. The number of thiocarbonyl (C=S) groups is 1. The van der Waals surface area contributed by atoms with E-state index >= 15 is 0 Å². The zero-order valence-corrected chi connectivity index (χ0v) is 73.4. The molecule has 620 valence electrons. The molecule has 29 nitrogen and oxygen atoms in total.